The molecule has 0 unspecified atom stereocenters. The van der Waals surface area contributed by atoms with Gasteiger partial charge < -0.3 is 9.80 Å². The maximum absolute atomic E-state index is 13.0. The van der Waals surface area contributed by atoms with Gasteiger partial charge in [0.15, 0.2) is 5.17 Å². The zero-order chi connectivity index (χ0) is 22.6. The van der Waals surface area contributed by atoms with E-state index in [1.165, 1.54) is 55.2 Å². The summed E-state index contributed by atoms with van der Waals surface area (Å²) in [5.41, 5.74) is 4.47. The predicted molar refractivity (Wildman–Crippen MR) is 140 cm³/mol. The third kappa shape index (κ3) is 4.96. The van der Waals surface area contributed by atoms with Crippen LogP contribution in [0, 0.1) is 0 Å². The van der Waals surface area contributed by atoms with Crippen LogP contribution in [0.3, 0.4) is 0 Å². The van der Waals surface area contributed by atoms with Crippen molar-refractivity contribution in [3.63, 3.8) is 0 Å². The third-order valence-electron chi connectivity index (χ3n) is 6.66. The number of carbonyl (C=O) groups is 1. The molecule has 0 atom stereocenters. The Morgan fingerprint density at radius 3 is 1.94 bits per heavy atom. The van der Waals surface area contributed by atoms with E-state index in [-0.39, 0.29) is 5.91 Å². The quantitative estimate of drug-likeness (QED) is 0.521. The SMILES string of the molecule is CCN1C(=O)/C(=C/c2ccc(N3CCCC3)cc2)SC1=Nc1ccc(N2CCCCC2)cc1. The Morgan fingerprint density at radius 1 is 0.818 bits per heavy atom. The van der Waals surface area contributed by atoms with Crippen molar-refractivity contribution >= 4 is 46.0 Å². The maximum atomic E-state index is 13.0. The molecule has 0 radical (unpaired) electrons. The van der Waals surface area contributed by atoms with Gasteiger partial charge in [-0.05, 0) is 98.8 Å². The van der Waals surface area contributed by atoms with Crippen LogP contribution >= 0.6 is 11.8 Å². The highest BCUT2D eigenvalue weighted by Crippen LogP contribution is 2.35. The molecular weight excluding hydrogens is 428 g/mol. The average molecular weight is 461 g/mol. The number of thioether (sulfide) groups is 1. The molecule has 3 saturated heterocycles. The van der Waals surface area contributed by atoms with Crippen LogP contribution in [0.15, 0.2) is 58.4 Å². The molecule has 3 aliphatic heterocycles. The molecule has 3 aliphatic rings. The van der Waals surface area contributed by atoms with Gasteiger partial charge in [0, 0.05) is 44.1 Å². The number of carbonyl (C=O) groups excluding carboxylic acids is 1. The van der Waals surface area contributed by atoms with Crippen LogP contribution in [0.2, 0.25) is 0 Å². The second-order valence-electron chi connectivity index (χ2n) is 8.90. The van der Waals surface area contributed by atoms with Crippen molar-refractivity contribution in [2.45, 2.75) is 39.0 Å². The van der Waals surface area contributed by atoms with E-state index in [4.69, 9.17) is 4.99 Å². The number of anilines is 2. The zero-order valence-corrected chi connectivity index (χ0v) is 20.2. The molecule has 2 aromatic carbocycles. The molecule has 3 heterocycles. The molecule has 0 bridgehead atoms. The summed E-state index contributed by atoms with van der Waals surface area (Å²) in [5, 5.41) is 0.758. The summed E-state index contributed by atoms with van der Waals surface area (Å²) in [6, 6.07) is 17.0. The summed E-state index contributed by atoms with van der Waals surface area (Å²) in [5.74, 6) is 0.0369. The number of amides is 1. The number of likely N-dealkylation sites (N-methyl/N-ethyl adjacent to an activating group) is 1. The normalized spacial score (nSPS) is 21.6. The number of aliphatic imine (C=N–C) groups is 1. The Kier molecular flexibility index (Phi) is 6.72. The van der Waals surface area contributed by atoms with Crippen LogP contribution in [0.5, 0.6) is 0 Å². The fraction of sp³-hybridized carbons (Fsp3) is 0.407. The van der Waals surface area contributed by atoms with E-state index in [9.17, 15) is 4.79 Å². The summed E-state index contributed by atoms with van der Waals surface area (Å²) >= 11 is 1.47. The van der Waals surface area contributed by atoms with Crippen molar-refractivity contribution < 1.29 is 4.79 Å². The minimum absolute atomic E-state index is 0.0369. The minimum Gasteiger partial charge on any atom is -0.372 e. The fourth-order valence-electron chi connectivity index (χ4n) is 4.78. The summed E-state index contributed by atoms with van der Waals surface area (Å²) in [7, 11) is 0. The highest BCUT2D eigenvalue weighted by Gasteiger charge is 2.32. The number of rotatable bonds is 5. The average Bonchev–Trinajstić information content (AvgIpc) is 3.49. The van der Waals surface area contributed by atoms with Crippen LogP contribution in [0.1, 0.15) is 44.6 Å². The molecule has 0 aromatic heterocycles. The van der Waals surface area contributed by atoms with Gasteiger partial charge in [-0.15, -0.1) is 0 Å². The number of amidine groups is 1. The minimum atomic E-state index is 0.0369. The van der Waals surface area contributed by atoms with Crippen molar-refractivity contribution in [1.82, 2.24) is 4.90 Å². The first-order valence-electron chi connectivity index (χ1n) is 12.2. The van der Waals surface area contributed by atoms with E-state index in [0.29, 0.717) is 6.54 Å². The Bertz CT molecular complexity index is 1030. The van der Waals surface area contributed by atoms with Gasteiger partial charge >= 0.3 is 0 Å². The van der Waals surface area contributed by atoms with E-state index >= 15 is 0 Å². The van der Waals surface area contributed by atoms with E-state index < -0.39 is 0 Å². The zero-order valence-electron chi connectivity index (χ0n) is 19.4. The molecule has 1 amide bonds. The number of hydrogen-bond acceptors (Lipinski definition) is 5. The molecule has 0 saturated carbocycles. The van der Waals surface area contributed by atoms with Crippen LogP contribution in [0.25, 0.3) is 6.08 Å². The molecular formula is C27H32N4OS. The lowest BCUT2D eigenvalue weighted by atomic mass is 10.1. The standard InChI is InChI=1S/C27H32N4OS/c1-2-31-26(32)25(20-21-8-12-23(13-9-21)30-18-6-7-19-30)33-27(31)28-22-10-14-24(15-11-22)29-16-4-3-5-17-29/h8-15,20H,2-7,16-19H2,1H3/b25-20-,28-27?. The van der Waals surface area contributed by atoms with Gasteiger partial charge in [-0.3, -0.25) is 9.69 Å². The lowest BCUT2D eigenvalue weighted by Crippen LogP contribution is -2.29. The highest BCUT2D eigenvalue weighted by molar-refractivity contribution is 8.18. The Hall–Kier alpha value is -2.73. The summed E-state index contributed by atoms with van der Waals surface area (Å²) in [4.78, 5) is 25.2. The fourth-order valence-corrected chi connectivity index (χ4v) is 5.84. The molecule has 6 heteroatoms. The lowest BCUT2D eigenvalue weighted by molar-refractivity contribution is -0.122. The van der Waals surface area contributed by atoms with Crippen molar-refractivity contribution in [2.24, 2.45) is 4.99 Å². The second-order valence-corrected chi connectivity index (χ2v) is 9.91. The first kappa shape index (κ1) is 22.1. The van der Waals surface area contributed by atoms with Crippen LogP contribution in [-0.2, 0) is 4.79 Å². The Balaban J connectivity index is 1.31. The van der Waals surface area contributed by atoms with Crippen LogP contribution in [0.4, 0.5) is 17.1 Å². The highest BCUT2D eigenvalue weighted by atomic mass is 32.2. The number of benzene rings is 2. The Labute approximate surface area is 201 Å². The molecule has 0 N–H and O–H groups in total. The summed E-state index contributed by atoms with van der Waals surface area (Å²) < 4.78 is 0. The van der Waals surface area contributed by atoms with E-state index in [1.54, 1.807) is 4.90 Å². The topological polar surface area (TPSA) is 39.2 Å². The van der Waals surface area contributed by atoms with Gasteiger partial charge in [-0.25, -0.2) is 4.99 Å². The van der Waals surface area contributed by atoms with Crippen molar-refractivity contribution in [1.29, 1.82) is 0 Å². The van der Waals surface area contributed by atoms with Gasteiger partial charge in [0.1, 0.15) is 0 Å². The molecule has 2 aromatic rings. The smallest absolute Gasteiger partial charge is 0.266 e. The largest absolute Gasteiger partial charge is 0.372 e. The van der Waals surface area contributed by atoms with Crippen LogP contribution < -0.4 is 9.80 Å². The Morgan fingerprint density at radius 2 is 1.36 bits per heavy atom. The van der Waals surface area contributed by atoms with E-state index in [0.717, 1.165) is 47.5 Å². The van der Waals surface area contributed by atoms with Gasteiger partial charge in [-0.1, -0.05) is 12.1 Å². The number of piperidine rings is 1. The van der Waals surface area contributed by atoms with E-state index in [1.807, 2.05) is 13.0 Å². The molecule has 5 nitrogen and oxygen atoms in total. The molecule has 172 valence electrons. The van der Waals surface area contributed by atoms with Crippen molar-refractivity contribution in [2.75, 3.05) is 42.5 Å². The van der Waals surface area contributed by atoms with Gasteiger partial charge in [0.25, 0.3) is 5.91 Å². The third-order valence-corrected chi connectivity index (χ3v) is 7.67. The molecule has 5 rings (SSSR count). The second kappa shape index (κ2) is 10.0. The van der Waals surface area contributed by atoms with Crippen LogP contribution in [-0.4, -0.2) is 48.7 Å². The van der Waals surface area contributed by atoms with Gasteiger partial charge in [0.05, 0.1) is 10.6 Å². The van der Waals surface area contributed by atoms with Crippen molar-refractivity contribution in [3.05, 3.63) is 59.0 Å². The number of nitrogens with zero attached hydrogens (tertiary/aromatic N) is 4. The summed E-state index contributed by atoms with van der Waals surface area (Å²) in [6.07, 6.45) is 8.40. The predicted octanol–water partition coefficient (Wildman–Crippen LogP) is 5.90. The molecule has 0 aliphatic carbocycles. The van der Waals surface area contributed by atoms with E-state index in [2.05, 4.69) is 58.3 Å². The van der Waals surface area contributed by atoms with Gasteiger partial charge in [0.2, 0.25) is 0 Å². The molecule has 33 heavy (non-hydrogen) atoms. The van der Waals surface area contributed by atoms with Crippen molar-refractivity contribution in [3.8, 4) is 0 Å². The number of hydrogen-bond donors (Lipinski definition) is 0. The lowest BCUT2D eigenvalue weighted by Gasteiger charge is -2.28. The first-order valence-corrected chi connectivity index (χ1v) is 13.0. The first-order chi connectivity index (χ1) is 16.2. The maximum Gasteiger partial charge on any atom is 0.266 e. The molecule has 3 fully saturated rings. The van der Waals surface area contributed by atoms with Gasteiger partial charge in [-0.2, -0.15) is 0 Å². The summed E-state index contributed by atoms with van der Waals surface area (Å²) in [6.45, 7) is 7.16. The molecule has 0 spiro atoms. The monoisotopic (exact) mass is 460 g/mol.